The number of likely N-dealkylation sites (tertiary alicyclic amines) is 1. The SMILES string of the molecule is O=C(O)c1cccc(C2(F)CCCN(C(=O)C34CC(C3)C4)C2)c1F. The zero-order valence-electron chi connectivity index (χ0n) is 13.2. The molecule has 3 aliphatic carbocycles. The predicted molar refractivity (Wildman–Crippen MR) is 81.7 cm³/mol. The lowest BCUT2D eigenvalue weighted by Crippen LogP contribution is -2.63. The van der Waals surface area contributed by atoms with Gasteiger partial charge in [-0.1, -0.05) is 12.1 Å². The van der Waals surface area contributed by atoms with E-state index in [-0.39, 0.29) is 29.9 Å². The van der Waals surface area contributed by atoms with Crippen LogP contribution < -0.4 is 0 Å². The van der Waals surface area contributed by atoms with Crippen molar-refractivity contribution in [3.8, 4) is 0 Å². The Bertz CT molecular complexity index is 718. The molecule has 0 aromatic heterocycles. The van der Waals surface area contributed by atoms with Gasteiger partial charge in [0, 0.05) is 12.1 Å². The summed E-state index contributed by atoms with van der Waals surface area (Å²) in [7, 11) is 0. The number of piperidine rings is 1. The van der Waals surface area contributed by atoms with Crippen LogP contribution in [0.1, 0.15) is 48.0 Å². The zero-order valence-corrected chi connectivity index (χ0v) is 13.2. The van der Waals surface area contributed by atoms with Crippen molar-refractivity contribution >= 4 is 11.9 Å². The molecule has 1 unspecified atom stereocenters. The van der Waals surface area contributed by atoms with Gasteiger partial charge in [0.05, 0.1) is 17.5 Å². The molecule has 5 rings (SSSR count). The molecule has 128 valence electrons. The molecule has 1 heterocycles. The number of nitrogens with zero attached hydrogens (tertiary/aromatic N) is 1. The fraction of sp³-hybridized carbons (Fsp3) is 0.556. The first-order valence-corrected chi connectivity index (χ1v) is 8.35. The third-order valence-corrected chi connectivity index (χ3v) is 5.93. The van der Waals surface area contributed by atoms with E-state index in [4.69, 9.17) is 5.11 Å². The second kappa shape index (κ2) is 5.01. The lowest BCUT2D eigenvalue weighted by atomic mass is 9.44. The number of carbonyl (C=O) groups is 2. The highest BCUT2D eigenvalue weighted by atomic mass is 19.1. The fourth-order valence-electron chi connectivity index (χ4n) is 4.52. The number of hydrogen-bond donors (Lipinski definition) is 1. The largest absolute Gasteiger partial charge is 0.478 e. The molecule has 0 radical (unpaired) electrons. The molecule has 4 fully saturated rings. The van der Waals surface area contributed by atoms with Crippen LogP contribution in [0.5, 0.6) is 0 Å². The highest BCUT2D eigenvalue weighted by Gasteiger charge is 2.63. The van der Waals surface area contributed by atoms with Crippen molar-refractivity contribution < 1.29 is 23.5 Å². The van der Waals surface area contributed by atoms with E-state index >= 15 is 4.39 Å². The van der Waals surface area contributed by atoms with Gasteiger partial charge in [-0.3, -0.25) is 4.79 Å². The first-order valence-electron chi connectivity index (χ1n) is 8.35. The number of aromatic carboxylic acids is 1. The Hall–Kier alpha value is -1.98. The molecule has 1 aromatic carbocycles. The van der Waals surface area contributed by atoms with Gasteiger partial charge in [-0.2, -0.15) is 0 Å². The number of hydrogen-bond acceptors (Lipinski definition) is 2. The van der Waals surface area contributed by atoms with Gasteiger partial charge in [0.1, 0.15) is 5.82 Å². The number of rotatable bonds is 3. The van der Waals surface area contributed by atoms with E-state index in [1.54, 1.807) is 0 Å². The van der Waals surface area contributed by atoms with Crippen LogP contribution in [0, 0.1) is 17.2 Å². The molecule has 4 nitrogen and oxygen atoms in total. The number of amides is 1. The van der Waals surface area contributed by atoms with Crippen LogP contribution >= 0.6 is 0 Å². The van der Waals surface area contributed by atoms with Gasteiger partial charge in [0.2, 0.25) is 5.91 Å². The number of carboxylic acids is 1. The monoisotopic (exact) mass is 335 g/mol. The average molecular weight is 335 g/mol. The minimum atomic E-state index is -2.03. The Morgan fingerprint density at radius 2 is 1.96 bits per heavy atom. The normalized spacial score (nSPS) is 34.2. The molecule has 1 N–H and O–H groups in total. The Balaban J connectivity index is 1.61. The van der Waals surface area contributed by atoms with Gasteiger partial charge in [-0.05, 0) is 44.1 Å². The summed E-state index contributed by atoms with van der Waals surface area (Å²) in [4.78, 5) is 25.3. The summed E-state index contributed by atoms with van der Waals surface area (Å²) in [5.74, 6) is -1.82. The molecule has 1 aromatic rings. The lowest BCUT2D eigenvalue weighted by Gasteiger charge is -2.61. The molecule has 1 saturated heterocycles. The van der Waals surface area contributed by atoms with Crippen LogP contribution in [0.4, 0.5) is 8.78 Å². The molecule has 3 saturated carbocycles. The van der Waals surface area contributed by atoms with E-state index in [0.717, 1.165) is 25.3 Å². The van der Waals surface area contributed by atoms with Crippen molar-refractivity contribution in [2.75, 3.05) is 13.1 Å². The lowest BCUT2D eigenvalue weighted by molar-refractivity contribution is -0.180. The van der Waals surface area contributed by atoms with Crippen LogP contribution in [-0.4, -0.2) is 35.0 Å². The molecule has 2 bridgehead atoms. The van der Waals surface area contributed by atoms with Crippen LogP contribution in [-0.2, 0) is 10.5 Å². The van der Waals surface area contributed by atoms with Crippen molar-refractivity contribution in [1.29, 1.82) is 0 Å². The second-order valence-corrected chi connectivity index (χ2v) is 7.53. The fourth-order valence-corrected chi connectivity index (χ4v) is 4.52. The van der Waals surface area contributed by atoms with Crippen LogP contribution in [0.2, 0.25) is 0 Å². The molecule has 4 aliphatic rings. The third kappa shape index (κ3) is 2.08. The van der Waals surface area contributed by atoms with Crippen LogP contribution in [0.15, 0.2) is 18.2 Å². The summed E-state index contributed by atoms with van der Waals surface area (Å²) < 4.78 is 30.0. The third-order valence-electron chi connectivity index (χ3n) is 5.93. The maximum Gasteiger partial charge on any atom is 0.338 e. The average Bonchev–Trinajstić information content (AvgIpc) is 2.43. The smallest absolute Gasteiger partial charge is 0.338 e. The van der Waals surface area contributed by atoms with Crippen molar-refractivity contribution in [2.45, 2.75) is 37.8 Å². The van der Waals surface area contributed by atoms with Crippen molar-refractivity contribution in [2.24, 2.45) is 11.3 Å². The minimum absolute atomic E-state index is 0.0125. The molecule has 24 heavy (non-hydrogen) atoms. The van der Waals surface area contributed by atoms with Gasteiger partial charge < -0.3 is 10.0 Å². The summed E-state index contributed by atoms with van der Waals surface area (Å²) >= 11 is 0. The number of carboxylic acid groups (broad SMARTS) is 1. The Kier molecular flexibility index (Phi) is 3.24. The summed E-state index contributed by atoms with van der Waals surface area (Å²) in [6.07, 6.45) is 3.21. The van der Waals surface area contributed by atoms with E-state index in [9.17, 15) is 14.0 Å². The van der Waals surface area contributed by atoms with E-state index in [0.29, 0.717) is 18.9 Å². The zero-order chi connectivity index (χ0) is 17.1. The highest BCUT2D eigenvalue weighted by Crippen LogP contribution is 2.65. The second-order valence-electron chi connectivity index (χ2n) is 7.53. The summed E-state index contributed by atoms with van der Waals surface area (Å²) in [6, 6.07) is 3.76. The van der Waals surface area contributed by atoms with Gasteiger partial charge in [-0.15, -0.1) is 0 Å². The first kappa shape index (κ1) is 15.5. The molecular weight excluding hydrogens is 316 g/mol. The maximum absolute atomic E-state index is 15.5. The quantitative estimate of drug-likeness (QED) is 0.923. The van der Waals surface area contributed by atoms with Crippen molar-refractivity contribution in [3.63, 3.8) is 0 Å². The van der Waals surface area contributed by atoms with E-state index in [2.05, 4.69) is 0 Å². The predicted octanol–water partition coefficient (Wildman–Crippen LogP) is 3.11. The van der Waals surface area contributed by atoms with Crippen LogP contribution in [0.3, 0.4) is 0 Å². The summed E-state index contributed by atoms with van der Waals surface area (Å²) in [5.41, 5.74) is -3.11. The molecular formula is C18H19F2NO3. The van der Waals surface area contributed by atoms with Gasteiger partial charge in [-0.25, -0.2) is 13.6 Å². The van der Waals surface area contributed by atoms with Gasteiger partial charge in [0.25, 0.3) is 0 Å². The standard InChI is InChI=1S/C18H19F2NO3/c19-14-12(15(22)23)3-1-4-13(14)18(20)5-2-6-21(10-18)16(24)17-7-11(8-17)9-17/h1,3-4,11H,2,5-10H2,(H,22,23). The number of benzene rings is 1. The Morgan fingerprint density at radius 1 is 1.25 bits per heavy atom. The van der Waals surface area contributed by atoms with Gasteiger partial charge in [0.15, 0.2) is 5.67 Å². The Morgan fingerprint density at radius 3 is 2.54 bits per heavy atom. The Labute approximate surface area is 138 Å². The minimum Gasteiger partial charge on any atom is -0.478 e. The molecule has 1 atom stereocenters. The first-order chi connectivity index (χ1) is 11.3. The van der Waals surface area contributed by atoms with E-state index in [1.807, 2.05) is 0 Å². The van der Waals surface area contributed by atoms with Crippen molar-refractivity contribution in [3.05, 3.63) is 35.1 Å². The van der Waals surface area contributed by atoms with Crippen LogP contribution in [0.25, 0.3) is 0 Å². The summed E-state index contributed by atoms with van der Waals surface area (Å²) in [6.45, 7) is 0.287. The van der Waals surface area contributed by atoms with E-state index in [1.165, 1.54) is 17.0 Å². The molecule has 6 heteroatoms. The molecule has 0 spiro atoms. The van der Waals surface area contributed by atoms with Crippen molar-refractivity contribution in [1.82, 2.24) is 4.90 Å². The highest BCUT2D eigenvalue weighted by molar-refractivity contribution is 5.88. The van der Waals surface area contributed by atoms with Gasteiger partial charge >= 0.3 is 5.97 Å². The number of halogens is 2. The topological polar surface area (TPSA) is 57.6 Å². The maximum atomic E-state index is 15.5. The molecule has 1 amide bonds. The van der Waals surface area contributed by atoms with E-state index < -0.39 is 23.0 Å². The summed E-state index contributed by atoms with van der Waals surface area (Å²) in [5, 5.41) is 9.04. The number of carbonyl (C=O) groups excluding carboxylic acids is 1. The molecule has 1 aliphatic heterocycles. The number of alkyl halides is 1.